The second-order valence-corrected chi connectivity index (χ2v) is 6.37. The molecule has 0 spiro atoms. The fourth-order valence-electron chi connectivity index (χ4n) is 2.03. The first kappa shape index (κ1) is 14.3. The minimum Gasteiger partial charge on any atom is -0.465 e. The van der Waals surface area contributed by atoms with Crippen molar-refractivity contribution in [1.29, 1.82) is 0 Å². The largest absolute Gasteiger partial charge is 0.465 e. The standard InChI is InChI=1S/C12H15N3O4S/c1-3-15-10-5-4-8(20(2,18)19)6-9(10)14-11(15)7-13-12(16)17/h4-6,13H,3,7H2,1-2H3,(H,16,17). The lowest BCUT2D eigenvalue weighted by molar-refractivity contribution is 0.193. The summed E-state index contributed by atoms with van der Waals surface area (Å²) in [5.74, 6) is 0.551. The number of nitrogens with one attached hydrogen (secondary N) is 1. The molecular formula is C12H15N3O4S. The molecule has 2 N–H and O–H groups in total. The van der Waals surface area contributed by atoms with E-state index < -0.39 is 15.9 Å². The van der Waals surface area contributed by atoms with Crippen LogP contribution in [0, 0.1) is 0 Å². The smallest absolute Gasteiger partial charge is 0.405 e. The van der Waals surface area contributed by atoms with Gasteiger partial charge in [-0.15, -0.1) is 0 Å². The number of nitrogens with zero attached hydrogens (tertiary/aromatic N) is 2. The molecule has 0 radical (unpaired) electrons. The highest BCUT2D eigenvalue weighted by molar-refractivity contribution is 7.90. The highest BCUT2D eigenvalue weighted by atomic mass is 32.2. The Morgan fingerprint density at radius 2 is 2.15 bits per heavy atom. The van der Waals surface area contributed by atoms with Crippen molar-refractivity contribution in [3.05, 3.63) is 24.0 Å². The third-order valence-corrected chi connectivity index (χ3v) is 4.05. The third-order valence-electron chi connectivity index (χ3n) is 2.94. The van der Waals surface area contributed by atoms with Crippen molar-refractivity contribution >= 4 is 27.0 Å². The van der Waals surface area contributed by atoms with Crippen LogP contribution < -0.4 is 5.32 Å². The van der Waals surface area contributed by atoms with Crippen LogP contribution in [0.1, 0.15) is 12.7 Å². The van der Waals surface area contributed by atoms with Crippen molar-refractivity contribution in [2.24, 2.45) is 0 Å². The molecule has 7 nitrogen and oxygen atoms in total. The van der Waals surface area contributed by atoms with E-state index in [-0.39, 0.29) is 11.4 Å². The Morgan fingerprint density at radius 1 is 1.45 bits per heavy atom. The summed E-state index contributed by atoms with van der Waals surface area (Å²) in [7, 11) is -3.29. The van der Waals surface area contributed by atoms with Crippen molar-refractivity contribution in [2.75, 3.05) is 6.26 Å². The Labute approximate surface area is 116 Å². The van der Waals surface area contributed by atoms with E-state index in [9.17, 15) is 13.2 Å². The summed E-state index contributed by atoms with van der Waals surface area (Å²) in [6.07, 6.45) is 0.00857. The molecule has 0 saturated heterocycles. The number of hydrogen-bond donors (Lipinski definition) is 2. The Balaban J connectivity index is 2.53. The van der Waals surface area contributed by atoms with Gasteiger partial charge in [-0.1, -0.05) is 0 Å². The van der Waals surface area contributed by atoms with Gasteiger partial charge in [0.2, 0.25) is 0 Å². The third kappa shape index (κ3) is 2.74. The van der Waals surface area contributed by atoms with Crippen molar-refractivity contribution in [3.8, 4) is 0 Å². The summed E-state index contributed by atoms with van der Waals surface area (Å²) in [5.41, 5.74) is 1.32. The van der Waals surface area contributed by atoms with E-state index in [2.05, 4.69) is 10.3 Å². The molecular weight excluding hydrogens is 282 g/mol. The number of amides is 1. The summed E-state index contributed by atoms with van der Waals surface area (Å²) in [5, 5.41) is 10.9. The molecule has 0 aliphatic carbocycles. The van der Waals surface area contributed by atoms with Gasteiger partial charge in [0.15, 0.2) is 9.84 Å². The van der Waals surface area contributed by atoms with E-state index in [0.29, 0.717) is 17.9 Å². The number of carboxylic acid groups (broad SMARTS) is 1. The van der Waals surface area contributed by atoms with E-state index in [0.717, 1.165) is 11.8 Å². The number of aromatic nitrogens is 2. The minimum absolute atomic E-state index is 0.0755. The monoisotopic (exact) mass is 297 g/mol. The lowest BCUT2D eigenvalue weighted by Crippen LogP contribution is -2.22. The van der Waals surface area contributed by atoms with Gasteiger partial charge >= 0.3 is 6.09 Å². The fraction of sp³-hybridized carbons (Fsp3) is 0.333. The van der Waals surface area contributed by atoms with Crippen LogP contribution in [0.5, 0.6) is 0 Å². The first-order valence-electron chi connectivity index (χ1n) is 5.99. The van der Waals surface area contributed by atoms with Crippen molar-refractivity contribution < 1.29 is 18.3 Å². The van der Waals surface area contributed by atoms with Crippen LogP contribution in [0.2, 0.25) is 0 Å². The summed E-state index contributed by atoms with van der Waals surface area (Å²) >= 11 is 0. The Kier molecular flexibility index (Phi) is 3.67. The first-order valence-corrected chi connectivity index (χ1v) is 7.88. The van der Waals surface area contributed by atoms with Gasteiger partial charge in [0.05, 0.1) is 22.5 Å². The normalized spacial score (nSPS) is 11.7. The summed E-state index contributed by atoms with van der Waals surface area (Å²) in [6.45, 7) is 2.60. The SMILES string of the molecule is CCn1c(CNC(=O)O)nc2cc(S(C)(=O)=O)ccc21. The number of hydrogen-bond acceptors (Lipinski definition) is 4. The molecule has 1 heterocycles. The van der Waals surface area contributed by atoms with Crippen molar-refractivity contribution in [1.82, 2.24) is 14.9 Å². The molecule has 8 heteroatoms. The highest BCUT2D eigenvalue weighted by Gasteiger charge is 2.14. The molecule has 1 amide bonds. The number of sulfone groups is 1. The fourth-order valence-corrected chi connectivity index (χ4v) is 2.67. The molecule has 0 aliphatic heterocycles. The van der Waals surface area contributed by atoms with E-state index in [1.165, 1.54) is 12.1 Å². The van der Waals surface area contributed by atoms with Crippen LogP contribution in [0.25, 0.3) is 11.0 Å². The van der Waals surface area contributed by atoms with E-state index in [1.807, 2.05) is 11.5 Å². The second kappa shape index (κ2) is 5.12. The van der Waals surface area contributed by atoms with Crippen molar-refractivity contribution in [3.63, 3.8) is 0 Å². The number of aryl methyl sites for hydroxylation is 1. The summed E-state index contributed by atoms with van der Waals surface area (Å²) in [6, 6.07) is 4.72. The number of fused-ring (bicyclic) bond motifs is 1. The number of benzene rings is 1. The van der Waals surface area contributed by atoms with Gasteiger partial charge in [-0.25, -0.2) is 18.2 Å². The van der Waals surface area contributed by atoms with Crippen LogP contribution in [-0.4, -0.2) is 35.4 Å². The van der Waals surface area contributed by atoms with Crippen molar-refractivity contribution in [2.45, 2.75) is 24.9 Å². The lowest BCUT2D eigenvalue weighted by Gasteiger charge is -2.05. The lowest BCUT2D eigenvalue weighted by atomic mass is 10.3. The number of rotatable bonds is 4. The Bertz CT molecular complexity index is 764. The molecule has 0 atom stereocenters. The molecule has 0 aliphatic rings. The van der Waals surface area contributed by atoms with Crippen LogP contribution in [0.4, 0.5) is 4.79 Å². The van der Waals surface area contributed by atoms with Crippen LogP contribution >= 0.6 is 0 Å². The maximum absolute atomic E-state index is 11.5. The maximum atomic E-state index is 11.5. The molecule has 0 saturated carbocycles. The van der Waals surface area contributed by atoms with Gasteiger partial charge in [-0.2, -0.15) is 0 Å². The zero-order valence-electron chi connectivity index (χ0n) is 11.1. The number of imidazole rings is 1. The van der Waals surface area contributed by atoms with Gasteiger partial charge in [0.1, 0.15) is 5.82 Å². The van der Waals surface area contributed by atoms with Gasteiger partial charge in [0, 0.05) is 12.8 Å². The maximum Gasteiger partial charge on any atom is 0.405 e. The number of carbonyl (C=O) groups is 1. The van der Waals surface area contributed by atoms with E-state index >= 15 is 0 Å². The van der Waals surface area contributed by atoms with Crippen LogP contribution in [0.3, 0.4) is 0 Å². The minimum atomic E-state index is -3.29. The molecule has 2 rings (SSSR count). The van der Waals surface area contributed by atoms with Crippen LogP contribution in [-0.2, 0) is 22.9 Å². The molecule has 1 aromatic heterocycles. The quantitative estimate of drug-likeness (QED) is 0.883. The predicted molar refractivity (Wildman–Crippen MR) is 73.4 cm³/mol. The van der Waals surface area contributed by atoms with E-state index in [4.69, 9.17) is 5.11 Å². The van der Waals surface area contributed by atoms with Gasteiger partial charge in [0.25, 0.3) is 0 Å². The van der Waals surface area contributed by atoms with E-state index in [1.54, 1.807) is 6.07 Å². The first-order chi connectivity index (χ1) is 9.32. The molecule has 0 unspecified atom stereocenters. The molecule has 20 heavy (non-hydrogen) atoms. The average Bonchev–Trinajstić information content (AvgIpc) is 2.71. The highest BCUT2D eigenvalue weighted by Crippen LogP contribution is 2.20. The molecule has 1 aromatic carbocycles. The van der Waals surface area contributed by atoms with Gasteiger partial charge in [-0.05, 0) is 25.1 Å². The topological polar surface area (TPSA) is 101 Å². The van der Waals surface area contributed by atoms with Gasteiger partial charge in [-0.3, -0.25) is 0 Å². The zero-order valence-corrected chi connectivity index (χ0v) is 11.9. The molecule has 0 bridgehead atoms. The Hall–Kier alpha value is -2.09. The summed E-state index contributed by atoms with van der Waals surface area (Å²) < 4.78 is 24.9. The van der Waals surface area contributed by atoms with Crippen LogP contribution in [0.15, 0.2) is 23.1 Å². The summed E-state index contributed by atoms with van der Waals surface area (Å²) in [4.78, 5) is 15.0. The zero-order chi connectivity index (χ0) is 14.9. The molecule has 108 valence electrons. The predicted octanol–water partition coefficient (Wildman–Crippen LogP) is 1.23. The second-order valence-electron chi connectivity index (χ2n) is 4.35. The van der Waals surface area contributed by atoms with Gasteiger partial charge < -0.3 is 15.0 Å². The molecule has 0 fully saturated rings. The Morgan fingerprint density at radius 3 is 2.70 bits per heavy atom. The average molecular weight is 297 g/mol. The molecule has 2 aromatic rings.